The fourth-order valence-electron chi connectivity index (χ4n) is 1.65. The second-order valence-corrected chi connectivity index (χ2v) is 3.70. The van der Waals surface area contributed by atoms with Crippen molar-refractivity contribution in [3.05, 3.63) is 70.8 Å². The lowest BCUT2D eigenvalue weighted by Crippen LogP contribution is -2.08. The fraction of sp³-hybridized carbons (Fsp3) is 0.0769. The van der Waals surface area contributed by atoms with E-state index in [1.165, 1.54) is 0 Å². The second-order valence-electron chi connectivity index (χ2n) is 3.70. The Labute approximate surface area is 100 Å². The molecule has 0 aromatic heterocycles. The molecule has 1 unspecified atom stereocenters. The van der Waals surface area contributed by atoms with Crippen molar-refractivity contribution in [3.63, 3.8) is 0 Å². The number of benzene rings is 2. The van der Waals surface area contributed by atoms with Gasteiger partial charge in [0.1, 0.15) is 29.4 Å². The van der Waals surface area contributed by atoms with E-state index in [0.29, 0.717) is 6.07 Å². The molecular weight excluding hydrogens is 248 g/mol. The molecule has 2 aromatic carbocycles. The Bertz CT molecular complexity index is 563. The maximum atomic E-state index is 13.4. The Morgan fingerprint density at radius 3 is 2.00 bits per heavy atom. The molecule has 0 bridgehead atoms. The van der Waals surface area contributed by atoms with E-state index in [1.54, 1.807) is 0 Å². The van der Waals surface area contributed by atoms with Crippen molar-refractivity contribution in [2.75, 3.05) is 0 Å². The summed E-state index contributed by atoms with van der Waals surface area (Å²) in [7, 11) is 0. The van der Waals surface area contributed by atoms with Gasteiger partial charge in [0.2, 0.25) is 0 Å². The van der Waals surface area contributed by atoms with Crippen LogP contribution in [0.5, 0.6) is 0 Å². The molecule has 2 rings (SSSR count). The third kappa shape index (κ3) is 2.22. The summed E-state index contributed by atoms with van der Waals surface area (Å²) >= 11 is 0. The van der Waals surface area contributed by atoms with Crippen LogP contribution in [0.25, 0.3) is 0 Å². The zero-order chi connectivity index (χ0) is 13.3. The first kappa shape index (κ1) is 12.6. The molecule has 0 heterocycles. The average Bonchev–Trinajstić information content (AvgIpc) is 2.28. The highest BCUT2D eigenvalue weighted by molar-refractivity contribution is 5.32. The largest absolute Gasteiger partial charge is 0.383 e. The lowest BCUT2D eigenvalue weighted by Gasteiger charge is -2.14. The van der Waals surface area contributed by atoms with E-state index in [2.05, 4.69) is 0 Å². The van der Waals surface area contributed by atoms with Crippen LogP contribution in [0.15, 0.2) is 36.4 Å². The second kappa shape index (κ2) is 4.78. The first-order valence-electron chi connectivity index (χ1n) is 5.07. The Morgan fingerprint density at radius 1 is 0.833 bits per heavy atom. The predicted octanol–water partition coefficient (Wildman–Crippen LogP) is 3.32. The minimum Gasteiger partial charge on any atom is -0.383 e. The summed E-state index contributed by atoms with van der Waals surface area (Å²) in [4.78, 5) is 0. The van der Waals surface area contributed by atoms with Crippen LogP contribution in [0.3, 0.4) is 0 Å². The minimum atomic E-state index is -1.83. The monoisotopic (exact) mass is 256 g/mol. The summed E-state index contributed by atoms with van der Waals surface area (Å²) in [5, 5.41) is 9.78. The van der Waals surface area contributed by atoms with Crippen molar-refractivity contribution in [2.24, 2.45) is 0 Å². The molecule has 94 valence electrons. The molecule has 1 N–H and O–H groups in total. The minimum absolute atomic E-state index is 0.389. The summed E-state index contributed by atoms with van der Waals surface area (Å²) < 4.78 is 52.9. The van der Waals surface area contributed by atoms with Crippen molar-refractivity contribution < 1.29 is 22.7 Å². The molecule has 0 saturated carbocycles. The lowest BCUT2D eigenvalue weighted by molar-refractivity contribution is 0.204. The van der Waals surface area contributed by atoms with Gasteiger partial charge in [0.25, 0.3) is 0 Å². The number of aliphatic hydroxyl groups excluding tert-OH is 1. The number of hydrogen-bond acceptors (Lipinski definition) is 1. The third-order valence-corrected chi connectivity index (χ3v) is 2.53. The normalized spacial score (nSPS) is 12.5. The van der Waals surface area contributed by atoms with E-state index < -0.39 is 34.9 Å². The van der Waals surface area contributed by atoms with Crippen molar-refractivity contribution in [3.8, 4) is 0 Å². The van der Waals surface area contributed by atoms with E-state index >= 15 is 0 Å². The lowest BCUT2D eigenvalue weighted by atomic mass is 10.00. The topological polar surface area (TPSA) is 20.2 Å². The highest BCUT2D eigenvalue weighted by Crippen LogP contribution is 2.28. The molecule has 0 fully saturated rings. The Hall–Kier alpha value is -1.88. The van der Waals surface area contributed by atoms with Crippen molar-refractivity contribution in [1.29, 1.82) is 0 Å². The zero-order valence-electron chi connectivity index (χ0n) is 9.00. The number of halogens is 4. The maximum Gasteiger partial charge on any atom is 0.132 e. The number of rotatable bonds is 2. The van der Waals surface area contributed by atoms with Gasteiger partial charge in [0, 0.05) is 11.6 Å². The van der Waals surface area contributed by atoms with Crippen LogP contribution in [-0.4, -0.2) is 5.11 Å². The highest BCUT2D eigenvalue weighted by Gasteiger charge is 2.22. The van der Waals surface area contributed by atoms with Crippen LogP contribution in [0.1, 0.15) is 17.2 Å². The highest BCUT2D eigenvalue weighted by atomic mass is 19.1. The predicted molar refractivity (Wildman–Crippen MR) is 56.8 cm³/mol. The number of hydrogen-bond donors (Lipinski definition) is 1. The quantitative estimate of drug-likeness (QED) is 0.817. The van der Waals surface area contributed by atoms with Gasteiger partial charge in [-0.1, -0.05) is 12.1 Å². The summed E-state index contributed by atoms with van der Waals surface area (Å²) in [5.41, 5.74) is -1.05. The van der Waals surface area contributed by atoms with Gasteiger partial charge >= 0.3 is 0 Å². The molecule has 2 aromatic rings. The van der Waals surface area contributed by atoms with E-state index in [0.717, 1.165) is 30.3 Å². The average molecular weight is 256 g/mol. The molecule has 1 atom stereocenters. The Balaban J connectivity index is 2.51. The molecule has 0 amide bonds. The molecule has 0 aliphatic carbocycles. The van der Waals surface area contributed by atoms with Gasteiger partial charge in [0.15, 0.2) is 0 Å². The number of aliphatic hydroxyl groups is 1. The Morgan fingerprint density at radius 2 is 1.44 bits per heavy atom. The van der Waals surface area contributed by atoms with Crippen LogP contribution < -0.4 is 0 Å². The molecule has 0 aliphatic heterocycles. The molecule has 18 heavy (non-hydrogen) atoms. The van der Waals surface area contributed by atoms with Gasteiger partial charge in [-0.25, -0.2) is 17.6 Å². The van der Waals surface area contributed by atoms with Crippen LogP contribution in [-0.2, 0) is 0 Å². The first-order chi connectivity index (χ1) is 8.50. The van der Waals surface area contributed by atoms with E-state index in [9.17, 15) is 22.7 Å². The van der Waals surface area contributed by atoms with Crippen LogP contribution in [0, 0.1) is 23.3 Å². The van der Waals surface area contributed by atoms with E-state index in [1.807, 2.05) is 0 Å². The molecule has 0 saturated heterocycles. The fourth-order valence-corrected chi connectivity index (χ4v) is 1.65. The van der Waals surface area contributed by atoms with Crippen molar-refractivity contribution in [1.82, 2.24) is 0 Å². The zero-order valence-corrected chi connectivity index (χ0v) is 9.00. The van der Waals surface area contributed by atoms with Gasteiger partial charge < -0.3 is 5.11 Å². The summed E-state index contributed by atoms with van der Waals surface area (Å²) in [6.07, 6.45) is -1.83. The first-order valence-corrected chi connectivity index (χ1v) is 5.07. The van der Waals surface area contributed by atoms with Crippen LogP contribution in [0.4, 0.5) is 17.6 Å². The van der Waals surface area contributed by atoms with Gasteiger partial charge in [-0.15, -0.1) is 0 Å². The van der Waals surface area contributed by atoms with Gasteiger partial charge in [-0.2, -0.15) is 0 Å². The third-order valence-electron chi connectivity index (χ3n) is 2.53. The molecule has 0 spiro atoms. The summed E-state index contributed by atoms with van der Waals surface area (Å²) in [6.45, 7) is 0. The van der Waals surface area contributed by atoms with Crippen LogP contribution in [0.2, 0.25) is 0 Å². The Kier molecular flexibility index (Phi) is 3.34. The van der Waals surface area contributed by atoms with Crippen LogP contribution >= 0.6 is 0 Å². The van der Waals surface area contributed by atoms with E-state index in [-0.39, 0.29) is 5.56 Å². The summed E-state index contributed by atoms with van der Waals surface area (Å²) in [6, 6.07) is 5.41. The SMILES string of the molecule is OC(c1ccc(F)cc1F)c1c(F)cccc1F. The maximum absolute atomic E-state index is 13.4. The van der Waals surface area contributed by atoms with E-state index in [4.69, 9.17) is 0 Å². The van der Waals surface area contributed by atoms with Gasteiger partial charge in [0.05, 0.1) is 5.56 Å². The molecule has 1 nitrogen and oxygen atoms in total. The smallest absolute Gasteiger partial charge is 0.132 e. The summed E-state index contributed by atoms with van der Waals surface area (Å²) in [5.74, 6) is -3.89. The molecule has 0 radical (unpaired) electrons. The molecular formula is C13H8F4O. The molecule has 5 heteroatoms. The van der Waals surface area contributed by atoms with Crippen molar-refractivity contribution >= 4 is 0 Å². The van der Waals surface area contributed by atoms with Crippen molar-refractivity contribution in [2.45, 2.75) is 6.10 Å². The molecule has 0 aliphatic rings. The standard InChI is InChI=1S/C13H8F4O/c14-7-4-5-8(11(17)6-7)13(18)12-9(15)2-1-3-10(12)16/h1-6,13,18H. The van der Waals surface area contributed by atoms with Gasteiger partial charge in [-0.3, -0.25) is 0 Å². The van der Waals surface area contributed by atoms with Gasteiger partial charge in [-0.05, 0) is 18.2 Å².